The fourth-order valence-electron chi connectivity index (χ4n) is 2.99. The highest BCUT2D eigenvalue weighted by molar-refractivity contribution is 7.17. The third-order valence-corrected chi connectivity index (χ3v) is 5.23. The molecular formula is C20H22N2O4S. The number of aromatic carboxylic acids is 1. The number of carbonyl (C=O) groups is 1. The molecule has 7 heteroatoms. The second kappa shape index (κ2) is 8.35. The van der Waals surface area contributed by atoms with Crippen LogP contribution in [0.5, 0.6) is 5.75 Å². The zero-order valence-electron chi connectivity index (χ0n) is 15.4. The molecule has 3 aromatic rings. The summed E-state index contributed by atoms with van der Waals surface area (Å²) in [6.07, 6.45) is 2.15. The summed E-state index contributed by atoms with van der Waals surface area (Å²) in [5.74, 6) is 0.433. The zero-order valence-corrected chi connectivity index (χ0v) is 16.2. The lowest BCUT2D eigenvalue weighted by Crippen LogP contribution is -2.26. The van der Waals surface area contributed by atoms with Gasteiger partial charge in [0.1, 0.15) is 16.4 Å². The molecule has 1 aromatic carbocycles. The van der Waals surface area contributed by atoms with Crippen molar-refractivity contribution in [1.29, 1.82) is 0 Å². The van der Waals surface area contributed by atoms with Crippen LogP contribution < -0.4 is 10.3 Å². The largest absolute Gasteiger partial charge is 0.494 e. The molecule has 27 heavy (non-hydrogen) atoms. The molecule has 0 amide bonds. The lowest BCUT2D eigenvalue weighted by Gasteiger charge is -2.12. The van der Waals surface area contributed by atoms with Gasteiger partial charge >= 0.3 is 5.97 Å². The van der Waals surface area contributed by atoms with Gasteiger partial charge in [0, 0.05) is 18.3 Å². The van der Waals surface area contributed by atoms with Crippen LogP contribution in [0.1, 0.15) is 41.5 Å². The number of benzene rings is 1. The number of hydrogen-bond donors (Lipinski definition) is 1. The van der Waals surface area contributed by atoms with E-state index in [4.69, 9.17) is 4.74 Å². The van der Waals surface area contributed by atoms with Crippen LogP contribution >= 0.6 is 11.3 Å². The van der Waals surface area contributed by atoms with Crippen molar-refractivity contribution in [3.8, 4) is 5.75 Å². The van der Waals surface area contributed by atoms with Crippen molar-refractivity contribution in [2.75, 3.05) is 6.61 Å². The first-order valence-corrected chi connectivity index (χ1v) is 9.83. The minimum atomic E-state index is -1.09. The molecule has 0 aliphatic rings. The summed E-state index contributed by atoms with van der Waals surface area (Å²) >= 11 is 1.20. The summed E-state index contributed by atoms with van der Waals surface area (Å²) in [4.78, 5) is 29.2. The number of thiophene rings is 1. The Bertz CT molecular complexity index is 1020. The molecule has 142 valence electrons. The van der Waals surface area contributed by atoms with Crippen molar-refractivity contribution in [2.45, 2.75) is 39.7 Å². The molecule has 0 atom stereocenters. The Kier molecular flexibility index (Phi) is 5.91. The fourth-order valence-corrected chi connectivity index (χ4v) is 3.91. The van der Waals surface area contributed by atoms with E-state index in [9.17, 15) is 14.7 Å². The van der Waals surface area contributed by atoms with E-state index in [1.807, 2.05) is 38.1 Å². The van der Waals surface area contributed by atoms with Gasteiger partial charge in [0.25, 0.3) is 5.56 Å². The number of ether oxygens (including phenoxy) is 1. The molecule has 2 heterocycles. The molecule has 0 aliphatic heterocycles. The Morgan fingerprint density at radius 1 is 1.33 bits per heavy atom. The van der Waals surface area contributed by atoms with E-state index >= 15 is 0 Å². The molecule has 0 spiro atoms. The number of nitrogens with zero attached hydrogens (tertiary/aromatic N) is 2. The quantitative estimate of drug-likeness (QED) is 0.594. The number of rotatable bonds is 8. The van der Waals surface area contributed by atoms with Gasteiger partial charge in [-0.15, -0.1) is 11.3 Å². The van der Waals surface area contributed by atoms with Crippen LogP contribution in [-0.4, -0.2) is 27.2 Å². The van der Waals surface area contributed by atoms with Gasteiger partial charge in [-0.25, -0.2) is 9.78 Å². The molecule has 0 fully saturated rings. The lowest BCUT2D eigenvalue weighted by molar-refractivity contribution is 0.0699. The Hall–Kier alpha value is -2.67. The zero-order chi connectivity index (χ0) is 19.4. The van der Waals surface area contributed by atoms with Gasteiger partial charge in [0.05, 0.1) is 17.6 Å². The number of fused-ring (bicyclic) bond motifs is 1. The highest BCUT2D eigenvalue weighted by atomic mass is 32.1. The second-order valence-electron chi connectivity index (χ2n) is 6.35. The van der Waals surface area contributed by atoms with Crippen LogP contribution in [0.25, 0.3) is 10.2 Å². The fraction of sp³-hybridized carbons (Fsp3) is 0.350. The second-order valence-corrected chi connectivity index (χ2v) is 7.20. The number of aromatic nitrogens is 2. The molecular weight excluding hydrogens is 364 g/mol. The van der Waals surface area contributed by atoms with Crippen LogP contribution in [0, 0.1) is 6.92 Å². The lowest BCUT2D eigenvalue weighted by atomic mass is 10.2. The maximum atomic E-state index is 12.9. The van der Waals surface area contributed by atoms with Gasteiger partial charge in [0.15, 0.2) is 0 Å². The average Bonchev–Trinajstić information content (AvgIpc) is 3.07. The smallest absolute Gasteiger partial charge is 0.337 e. The molecule has 3 rings (SSSR count). The summed E-state index contributed by atoms with van der Waals surface area (Å²) in [6, 6.07) is 7.89. The molecule has 0 bridgehead atoms. The SMILES string of the molecule is CCc1nc2scc(C(=O)O)c2c(=O)n1CCCCOc1cccc(C)c1. The molecule has 0 saturated heterocycles. The Labute approximate surface area is 161 Å². The van der Waals surface area contributed by atoms with E-state index < -0.39 is 5.97 Å². The summed E-state index contributed by atoms with van der Waals surface area (Å²) in [7, 11) is 0. The average molecular weight is 386 g/mol. The van der Waals surface area contributed by atoms with Crippen molar-refractivity contribution in [2.24, 2.45) is 0 Å². The molecule has 0 aliphatic carbocycles. The number of carboxylic acids is 1. The number of unbranched alkanes of at least 4 members (excludes halogenated alkanes) is 1. The van der Waals surface area contributed by atoms with Crippen LogP contribution in [0.2, 0.25) is 0 Å². The normalized spacial score (nSPS) is 11.0. The van der Waals surface area contributed by atoms with Gasteiger partial charge in [0.2, 0.25) is 0 Å². The Morgan fingerprint density at radius 3 is 2.85 bits per heavy atom. The minimum Gasteiger partial charge on any atom is -0.494 e. The van der Waals surface area contributed by atoms with Crippen molar-refractivity contribution in [3.63, 3.8) is 0 Å². The number of hydrogen-bond acceptors (Lipinski definition) is 5. The van der Waals surface area contributed by atoms with E-state index in [-0.39, 0.29) is 16.5 Å². The number of carboxylic acid groups (broad SMARTS) is 1. The van der Waals surface area contributed by atoms with E-state index in [2.05, 4.69) is 4.98 Å². The predicted molar refractivity (Wildman–Crippen MR) is 106 cm³/mol. The van der Waals surface area contributed by atoms with Crippen molar-refractivity contribution < 1.29 is 14.6 Å². The van der Waals surface area contributed by atoms with Crippen molar-refractivity contribution in [1.82, 2.24) is 9.55 Å². The van der Waals surface area contributed by atoms with Gasteiger partial charge in [-0.2, -0.15) is 0 Å². The minimum absolute atomic E-state index is 0.0340. The van der Waals surface area contributed by atoms with Crippen LogP contribution in [0.4, 0.5) is 0 Å². The van der Waals surface area contributed by atoms with Gasteiger partial charge in [-0.1, -0.05) is 19.1 Å². The highest BCUT2D eigenvalue weighted by Gasteiger charge is 2.18. The summed E-state index contributed by atoms with van der Waals surface area (Å²) in [6.45, 7) is 5.02. The molecule has 1 N–H and O–H groups in total. The molecule has 2 aromatic heterocycles. The first-order chi connectivity index (χ1) is 13.0. The van der Waals surface area contributed by atoms with E-state index in [0.717, 1.165) is 24.2 Å². The maximum absolute atomic E-state index is 12.9. The first kappa shape index (κ1) is 19.1. The van der Waals surface area contributed by atoms with Crippen LogP contribution in [-0.2, 0) is 13.0 Å². The summed E-state index contributed by atoms with van der Waals surface area (Å²) in [5, 5.41) is 11.0. The third kappa shape index (κ3) is 4.19. The standard InChI is InChI=1S/C20H22N2O4S/c1-3-16-21-18-17(15(12-27-18)20(24)25)19(23)22(16)9-4-5-10-26-14-8-6-7-13(2)11-14/h6-8,11-12H,3-5,9-10H2,1-2H3,(H,24,25). The molecule has 6 nitrogen and oxygen atoms in total. The summed E-state index contributed by atoms with van der Waals surface area (Å²) < 4.78 is 7.35. The molecule has 0 saturated carbocycles. The maximum Gasteiger partial charge on any atom is 0.337 e. The van der Waals surface area contributed by atoms with E-state index in [1.165, 1.54) is 16.7 Å². The first-order valence-electron chi connectivity index (χ1n) is 8.95. The molecule has 0 radical (unpaired) electrons. The van der Waals surface area contributed by atoms with Gasteiger partial charge in [-0.3, -0.25) is 9.36 Å². The van der Waals surface area contributed by atoms with E-state index in [0.29, 0.717) is 30.2 Å². The topological polar surface area (TPSA) is 81.4 Å². The highest BCUT2D eigenvalue weighted by Crippen LogP contribution is 2.22. The Morgan fingerprint density at radius 2 is 2.15 bits per heavy atom. The summed E-state index contributed by atoms with van der Waals surface area (Å²) in [5.41, 5.74) is 0.915. The van der Waals surface area contributed by atoms with Gasteiger partial charge < -0.3 is 9.84 Å². The van der Waals surface area contributed by atoms with Gasteiger partial charge in [-0.05, 0) is 37.5 Å². The van der Waals surface area contributed by atoms with Crippen molar-refractivity contribution in [3.05, 3.63) is 57.0 Å². The van der Waals surface area contributed by atoms with Crippen LogP contribution in [0.3, 0.4) is 0 Å². The third-order valence-electron chi connectivity index (χ3n) is 4.35. The number of aryl methyl sites for hydroxylation is 2. The van der Waals surface area contributed by atoms with Crippen LogP contribution in [0.15, 0.2) is 34.4 Å². The Balaban J connectivity index is 1.70. The van der Waals surface area contributed by atoms with Crippen molar-refractivity contribution >= 4 is 27.5 Å². The molecule has 0 unspecified atom stereocenters. The van der Waals surface area contributed by atoms with E-state index in [1.54, 1.807) is 4.57 Å². The monoisotopic (exact) mass is 386 g/mol. The predicted octanol–water partition coefficient (Wildman–Crippen LogP) is 3.89.